The molecule has 0 amide bonds. The Kier molecular flexibility index (Phi) is 6.46. The van der Waals surface area contributed by atoms with Gasteiger partial charge in [-0.05, 0) is 57.7 Å². The summed E-state index contributed by atoms with van der Waals surface area (Å²) < 4.78 is 0. The third-order valence-corrected chi connectivity index (χ3v) is 2.79. The second kappa shape index (κ2) is 7.66. The number of hydrogen-bond donors (Lipinski definition) is 1. The van der Waals surface area contributed by atoms with E-state index in [1.807, 2.05) is 25.2 Å². The Morgan fingerprint density at radius 1 is 1.31 bits per heavy atom. The zero-order valence-electron chi connectivity index (χ0n) is 10.2. The van der Waals surface area contributed by atoms with Crippen LogP contribution in [-0.4, -0.2) is 32.1 Å². The topological polar surface area (TPSA) is 15.3 Å². The van der Waals surface area contributed by atoms with Crippen LogP contribution in [0.3, 0.4) is 0 Å². The maximum absolute atomic E-state index is 5.95. The number of nitrogens with one attached hydrogen (secondary N) is 1. The highest BCUT2D eigenvalue weighted by Gasteiger charge is 2.00. The van der Waals surface area contributed by atoms with Gasteiger partial charge in [0.05, 0.1) is 0 Å². The molecule has 90 valence electrons. The van der Waals surface area contributed by atoms with Crippen LogP contribution in [-0.2, 0) is 6.54 Å². The molecule has 16 heavy (non-hydrogen) atoms. The lowest BCUT2D eigenvalue weighted by atomic mass is 10.2. The summed E-state index contributed by atoms with van der Waals surface area (Å²) in [5.74, 6) is 0. The monoisotopic (exact) mass is 240 g/mol. The van der Waals surface area contributed by atoms with Crippen LogP contribution in [0.5, 0.6) is 0 Å². The minimum atomic E-state index is 0.820. The van der Waals surface area contributed by atoms with Crippen LogP contribution in [0, 0.1) is 0 Å². The molecule has 0 aliphatic heterocycles. The first kappa shape index (κ1) is 13.5. The van der Waals surface area contributed by atoms with Gasteiger partial charge in [0.1, 0.15) is 0 Å². The molecule has 0 fully saturated rings. The maximum atomic E-state index is 5.95. The molecule has 0 unspecified atom stereocenters. The van der Waals surface area contributed by atoms with Crippen LogP contribution >= 0.6 is 11.6 Å². The van der Waals surface area contributed by atoms with Crippen molar-refractivity contribution in [1.82, 2.24) is 10.2 Å². The lowest BCUT2D eigenvalue weighted by Crippen LogP contribution is -2.20. The molecule has 0 aliphatic rings. The molecule has 0 aliphatic carbocycles. The number of benzene rings is 1. The van der Waals surface area contributed by atoms with Crippen molar-refractivity contribution in [3.63, 3.8) is 0 Å². The quantitative estimate of drug-likeness (QED) is 0.738. The molecule has 0 bridgehead atoms. The molecule has 0 heterocycles. The number of hydrogen-bond acceptors (Lipinski definition) is 2. The van der Waals surface area contributed by atoms with Crippen LogP contribution in [0.15, 0.2) is 24.3 Å². The van der Waals surface area contributed by atoms with Crippen molar-refractivity contribution in [2.75, 3.05) is 27.2 Å². The zero-order chi connectivity index (χ0) is 11.8. The smallest absolute Gasteiger partial charge is 0.0409 e. The third kappa shape index (κ3) is 5.50. The van der Waals surface area contributed by atoms with Gasteiger partial charge in [-0.15, -0.1) is 0 Å². The summed E-state index contributed by atoms with van der Waals surface area (Å²) in [6.45, 7) is 3.21. The first-order valence-corrected chi connectivity index (χ1v) is 6.18. The summed E-state index contributed by atoms with van der Waals surface area (Å²) in [5, 5.41) is 3.98. The average Bonchev–Trinajstić information content (AvgIpc) is 2.24. The highest BCUT2D eigenvalue weighted by atomic mass is 35.5. The van der Waals surface area contributed by atoms with E-state index < -0.39 is 0 Å². The van der Waals surface area contributed by atoms with Crippen molar-refractivity contribution in [2.45, 2.75) is 19.4 Å². The molecule has 1 aromatic rings. The van der Waals surface area contributed by atoms with E-state index in [9.17, 15) is 0 Å². The van der Waals surface area contributed by atoms with Crippen LogP contribution < -0.4 is 5.32 Å². The van der Waals surface area contributed by atoms with Gasteiger partial charge in [0.15, 0.2) is 0 Å². The molecule has 1 aromatic carbocycles. The van der Waals surface area contributed by atoms with Crippen molar-refractivity contribution in [2.24, 2.45) is 0 Å². The average molecular weight is 241 g/mol. The molecule has 3 heteroatoms. The fraction of sp³-hybridized carbons (Fsp3) is 0.538. The number of nitrogens with zero attached hydrogens (tertiary/aromatic N) is 1. The van der Waals surface area contributed by atoms with Crippen LogP contribution in [0.4, 0.5) is 0 Å². The highest BCUT2D eigenvalue weighted by Crippen LogP contribution is 2.12. The molecule has 1 N–H and O–H groups in total. The van der Waals surface area contributed by atoms with Crippen molar-refractivity contribution in [3.8, 4) is 0 Å². The second-order valence-corrected chi connectivity index (χ2v) is 4.61. The number of halogens is 1. The second-order valence-electron chi connectivity index (χ2n) is 4.18. The van der Waals surface area contributed by atoms with Crippen molar-refractivity contribution in [3.05, 3.63) is 34.9 Å². The van der Waals surface area contributed by atoms with E-state index in [1.165, 1.54) is 18.4 Å². The molecule has 0 aromatic heterocycles. The SMILES string of the molecule is CNCCCCN(C)Cc1cccc(Cl)c1. The Morgan fingerprint density at radius 3 is 2.81 bits per heavy atom. The van der Waals surface area contributed by atoms with Crippen LogP contribution in [0.25, 0.3) is 0 Å². The van der Waals surface area contributed by atoms with Crippen LogP contribution in [0.1, 0.15) is 18.4 Å². The minimum absolute atomic E-state index is 0.820. The molecule has 0 saturated heterocycles. The summed E-state index contributed by atoms with van der Waals surface area (Å²) in [5.41, 5.74) is 1.28. The van der Waals surface area contributed by atoms with Gasteiger partial charge in [0.25, 0.3) is 0 Å². The van der Waals surface area contributed by atoms with Crippen LogP contribution in [0.2, 0.25) is 5.02 Å². The first-order chi connectivity index (χ1) is 7.72. The van der Waals surface area contributed by atoms with Crippen molar-refractivity contribution < 1.29 is 0 Å². The van der Waals surface area contributed by atoms with Gasteiger partial charge in [-0.1, -0.05) is 23.7 Å². The van der Waals surface area contributed by atoms with E-state index in [-0.39, 0.29) is 0 Å². The minimum Gasteiger partial charge on any atom is -0.320 e. The Hall–Kier alpha value is -0.570. The Morgan fingerprint density at radius 2 is 2.12 bits per heavy atom. The molecular weight excluding hydrogens is 220 g/mol. The Balaban J connectivity index is 2.25. The van der Waals surface area contributed by atoms with Gasteiger partial charge in [-0.2, -0.15) is 0 Å². The highest BCUT2D eigenvalue weighted by molar-refractivity contribution is 6.30. The summed E-state index contributed by atoms with van der Waals surface area (Å²) in [4.78, 5) is 2.33. The normalized spacial score (nSPS) is 11.0. The summed E-state index contributed by atoms with van der Waals surface area (Å²) in [7, 11) is 4.15. The summed E-state index contributed by atoms with van der Waals surface area (Å²) in [6.07, 6.45) is 2.47. The van der Waals surface area contributed by atoms with Crippen molar-refractivity contribution in [1.29, 1.82) is 0 Å². The molecule has 0 radical (unpaired) electrons. The van der Waals surface area contributed by atoms with Crippen molar-refractivity contribution >= 4 is 11.6 Å². The van der Waals surface area contributed by atoms with Gasteiger partial charge in [0, 0.05) is 11.6 Å². The van der Waals surface area contributed by atoms with E-state index in [2.05, 4.69) is 23.3 Å². The number of rotatable bonds is 7. The largest absolute Gasteiger partial charge is 0.320 e. The fourth-order valence-corrected chi connectivity index (χ4v) is 1.92. The Labute approximate surface area is 104 Å². The summed E-state index contributed by atoms with van der Waals surface area (Å²) >= 11 is 5.95. The van der Waals surface area contributed by atoms with E-state index >= 15 is 0 Å². The first-order valence-electron chi connectivity index (χ1n) is 5.80. The molecule has 0 atom stereocenters. The van der Waals surface area contributed by atoms with E-state index in [0.717, 1.165) is 24.7 Å². The van der Waals surface area contributed by atoms with Gasteiger partial charge < -0.3 is 10.2 Å². The standard InChI is InChI=1S/C13H21ClN2/c1-15-8-3-4-9-16(2)11-12-6-5-7-13(14)10-12/h5-7,10,15H,3-4,8-9,11H2,1-2H3. The third-order valence-electron chi connectivity index (χ3n) is 2.56. The van der Waals surface area contributed by atoms with E-state index in [1.54, 1.807) is 0 Å². The van der Waals surface area contributed by atoms with Gasteiger partial charge >= 0.3 is 0 Å². The lowest BCUT2D eigenvalue weighted by Gasteiger charge is -2.16. The van der Waals surface area contributed by atoms with Gasteiger partial charge in [-0.3, -0.25) is 0 Å². The predicted octanol–water partition coefficient (Wildman–Crippen LogP) is 2.77. The summed E-state index contributed by atoms with van der Waals surface area (Å²) in [6, 6.07) is 8.08. The van der Waals surface area contributed by atoms with E-state index in [4.69, 9.17) is 11.6 Å². The maximum Gasteiger partial charge on any atom is 0.0409 e. The van der Waals surface area contributed by atoms with Gasteiger partial charge in [-0.25, -0.2) is 0 Å². The van der Waals surface area contributed by atoms with Gasteiger partial charge in [0.2, 0.25) is 0 Å². The Bertz CT molecular complexity index is 302. The molecule has 0 spiro atoms. The molecule has 1 rings (SSSR count). The molecular formula is C13H21ClN2. The lowest BCUT2D eigenvalue weighted by molar-refractivity contribution is 0.318. The fourth-order valence-electron chi connectivity index (χ4n) is 1.71. The zero-order valence-corrected chi connectivity index (χ0v) is 10.9. The molecule has 2 nitrogen and oxygen atoms in total. The number of unbranched alkanes of at least 4 members (excludes halogenated alkanes) is 1. The van der Waals surface area contributed by atoms with E-state index in [0.29, 0.717) is 0 Å². The predicted molar refractivity (Wildman–Crippen MR) is 70.9 cm³/mol. The molecule has 0 saturated carbocycles.